The van der Waals surface area contributed by atoms with Gasteiger partial charge in [0.05, 0.1) is 18.1 Å². The van der Waals surface area contributed by atoms with Gasteiger partial charge in [0.15, 0.2) is 0 Å². The van der Waals surface area contributed by atoms with Crippen LogP contribution in [0.3, 0.4) is 0 Å². The summed E-state index contributed by atoms with van der Waals surface area (Å²) in [6.07, 6.45) is 3.10. The van der Waals surface area contributed by atoms with Gasteiger partial charge in [-0.3, -0.25) is 9.78 Å². The van der Waals surface area contributed by atoms with Crippen molar-refractivity contribution in [1.29, 1.82) is 0 Å². The van der Waals surface area contributed by atoms with Crippen molar-refractivity contribution in [3.63, 3.8) is 0 Å². The SMILES string of the molecule is CCc1cc(C(=O)Nc2cncc(F)c2)cc(Cl)n1. The number of hydrogen-bond donors (Lipinski definition) is 1. The number of rotatable bonds is 3. The molecule has 2 aromatic heterocycles. The Labute approximate surface area is 114 Å². The Hall–Kier alpha value is -2.01. The highest BCUT2D eigenvalue weighted by atomic mass is 35.5. The summed E-state index contributed by atoms with van der Waals surface area (Å²) in [5, 5.41) is 2.80. The van der Waals surface area contributed by atoms with Crippen LogP contribution in [0.4, 0.5) is 10.1 Å². The molecule has 0 bridgehead atoms. The lowest BCUT2D eigenvalue weighted by molar-refractivity contribution is 0.102. The molecule has 0 aromatic carbocycles. The Balaban J connectivity index is 2.22. The zero-order valence-corrected chi connectivity index (χ0v) is 10.9. The number of aromatic nitrogens is 2. The highest BCUT2D eigenvalue weighted by molar-refractivity contribution is 6.29. The zero-order valence-electron chi connectivity index (χ0n) is 10.2. The van der Waals surface area contributed by atoms with Gasteiger partial charge < -0.3 is 5.32 Å². The van der Waals surface area contributed by atoms with Gasteiger partial charge in [0.1, 0.15) is 11.0 Å². The molecule has 0 aliphatic carbocycles. The van der Waals surface area contributed by atoms with Crippen LogP contribution in [0.5, 0.6) is 0 Å². The van der Waals surface area contributed by atoms with Crippen molar-refractivity contribution >= 4 is 23.2 Å². The normalized spacial score (nSPS) is 10.3. The maximum atomic E-state index is 13.0. The van der Waals surface area contributed by atoms with E-state index in [2.05, 4.69) is 15.3 Å². The van der Waals surface area contributed by atoms with Gasteiger partial charge in [-0.2, -0.15) is 0 Å². The predicted molar refractivity (Wildman–Crippen MR) is 70.8 cm³/mol. The third kappa shape index (κ3) is 3.48. The molecule has 6 heteroatoms. The number of carbonyl (C=O) groups is 1. The number of hydrogen-bond acceptors (Lipinski definition) is 3. The van der Waals surface area contributed by atoms with Crippen molar-refractivity contribution in [2.75, 3.05) is 5.32 Å². The van der Waals surface area contributed by atoms with E-state index in [0.717, 1.165) is 11.9 Å². The number of carbonyl (C=O) groups excluding carboxylic acids is 1. The van der Waals surface area contributed by atoms with Crippen LogP contribution in [0.1, 0.15) is 23.0 Å². The molecule has 19 heavy (non-hydrogen) atoms. The average molecular weight is 280 g/mol. The molecule has 0 spiro atoms. The van der Waals surface area contributed by atoms with Gasteiger partial charge in [-0.25, -0.2) is 9.37 Å². The standard InChI is InChI=1S/C13H11ClFN3O/c1-2-10-3-8(4-12(14)17-10)13(19)18-11-5-9(15)6-16-7-11/h3-7H,2H2,1H3,(H,18,19). The van der Waals surface area contributed by atoms with Crippen molar-refractivity contribution in [1.82, 2.24) is 9.97 Å². The first-order valence-electron chi connectivity index (χ1n) is 5.67. The van der Waals surface area contributed by atoms with E-state index < -0.39 is 5.82 Å². The Morgan fingerprint density at radius 3 is 2.84 bits per heavy atom. The second-order valence-electron chi connectivity index (χ2n) is 3.87. The molecule has 0 aliphatic heterocycles. The van der Waals surface area contributed by atoms with E-state index in [1.54, 1.807) is 6.07 Å². The number of anilines is 1. The summed E-state index contributed by atoms with van der Waals surface area (Å²) in [6, 6.07) is 4.30. The first kappa shape index (κ1) is 13.4. The maximum Gasteiger partial charge on any atom is 0.255 e. The second-order valence-corrected chi connectivity index (χ2v) is 4.26. The molecule has 1 N–H and O–H groups in total. The Morgan fingerprint density at radius 2 is 2.16 bits per heavy atom. The van der Waals surface area contributed by atoms with E-state index in [-0.39, 0.29) is 16.7 Å². The molecule has 4 nitrogen and oxygen atoms in total. The van der Waals surface area contributed by atoms with Crippen LogP contribution in [-0.2, 0) is 6.42 Å². The van der Waals surface area contributed by atoms with Gasteiger partial charge in [-0.1, -0.05) is 18.5 Å². The van der Waals surface area contributed by atoms with E-state index in [0.29, 0.717) is 12.0 Å². The largest absolute Gasteiger partial charge is 0.320 e. The number of pyridine rings is 2. The van der Waals surface area contributed by atoms with E-state index in [4.69, 9.17) is 11.6 Å². The van der Waals surface area contributed by atoms with Gasteiger partial charge in [-0.15, -0.1) is 0 Å². The number of nitrogens with zero attached hydrogens (tertiary/aromatic N) is 2. The monoisotopic (exact) mass is 279 g/mol. The lowest BCUT2D eigenvalue weighted by Crippen LogP contribution is -2.13. The zero-order chi connectivity index (χ0) is 13.8. The van der Waals surface area contributed by atoms with Crippen LogP contribution in [0, 0.1) is 5.82 Å². The number of nitrogens with one attached hydrogen (secondary N) is 1. The van der Waals surface area contributed by atoms with Crippen molar-refractivity contribution in [2.24, 2.45) is 0 Å². The predicted octanol–water partition coefficient (Wildman–Crippen LogP) is 3.08. The minimum absolute atomic E-state index is 0.252. The van der Waals surface area contributed by atoms with Crippen LogP contribution in [0.25, 0.3) is 0 Å². The molecular formula is C13H11ClFN3O. The summed E-state index contributed by atoms with van der Waals surface area (Å²) < 4.78 is 13.0. The van der Waals surface area contributed by atoms with Crippen LogP contribution in [-0.4, -0.2) is 15.9 Å². The third-order valence-corrected chi connectivity index (χ3v) is 2.63. The van der Waals surface area contributed by atoms with Crippen molar-refractivity contribution in [3.05, 3.63) is 52.8 Å². The van der Waals surface area contributed by atoms with Crippen LogP contribution in [0.15, 0.2) is 30.6 Å². The van der Waals surface area contributed by atoms with Crippen molar-refractivity contribution in [2.45, 2.75) is 13.3 Å². The molecule has 0 aliphatic rings. The molecule has 2 aromatic rings. The quantitative estimate of drug-likeness (QED) is 0.879. The van der Waals surface area contributed by atoms with Crippen molar-refractivity contribution < 1.29 is 9.18 Å². The first-order chi connectivity index (χ1) is 9.08. The summed E-state index contributed by atoms with van der Waals surface area (Å²) in [6.45, 7) is 1.91. The third-order valence-electron chi connectivity index (χ3n) is 2.43. The maximum absolute atomic E-state index is 13.0. The van der Waals surface area contributed by atoms with E-state index in [1.165, 1.54) is 18.3 Å². The Morgan fingerprint density at radius 1 is 1.37 bits per heavy atom. The average Bonchev–Trinajstić information content (AvgIpc) is 2.38. The summed E-state index contributed by atoms with van der Waals surface area (Å²) in [5.74, 6) is -0.897. The molecular weight excluding hydrogens is 269 g/mol. The number of aryl methyl sites for hydroxylation is 1. The van der Waals surface area contributed by atoms with Gasteiger partial charge in [0, 0.05) is 17.3 Å². The van der Waals surface area contributed by atoms with Gasteiger partial charge >= 0.3 is 0 Å². The lowest BCUT2D eigenvalue weighted by Gasteiger charge is -2.06. The van der Waals surface area contributed by atoms with Crippen molar-refractivity contribution in [3.8, 4) is 0 Å². The highest BCUT2D eigenvalue weighted by Crippen LogP contribution is 2.14. The summed E-state index contributed by atoms with van der Waals surface area (Å²) in [4.78, 5) is 19.7. The lowest BCUT2D eigenvalue weighted by atomic mass is 10.2. The van der Waals surface area contributed by atoms with Gasteiger partial charge in [0.2, 0.25) is 0 Å². The second kappa shape index (κ2) is 5.75. The van der Waals surface area contributed by atoms with Gasteiger partial charge in [-0.05, 0) is 18.6 Å². The van der Waals surface area contributed by atoms with E-state index in [1.807, 2.05) is 6.92 Å². The Bertz CT molecular complexity index is 619. The smallest absolute Gasteiger partial charge is 0.255 e. The van der Waals surface area contributed by atoms with E-state index >= 15 is 0 Å². The summed E-state index contributed by atoms with van der Waals surface area (Å²) in [5.41, 5.74) is 1.38. The molecule has 98 valence electrons. The summed E-state index contributed by atoms with van der Waals surface area (Å²) in [7, 11) is 0. The molecule has 2 rings (SSSR count). The van der Waals surface area contributed by atoms with E-state index in [9.17, 15) is 9.18 Å². The minimum Gasteiger partial charge on any atom is -0.320 e. The number of amides is 1. The van der Waals surface area contributed by atoms with Crippen LogP contribution >= 0.6 is 11.6 Å². The minimum atomic E-state index is -0.514. The molecule has 0 fully saturated rings. The molecule has 0 unspecified atom stereocenters. The fraction of sp³-hybridized carbons (Fsp3) is 0.154. The molecule has 2 heterocycles. The van der Waals surface area contributed by atoms with Gasteiger partial charge in [0.25, 0.3) is 5.91 Å². The molecule has 0 radical (unpaired) electrons. The fourth-order valence-electron chi connectivity index (χ4n) is 1.55. The Kier molecular flexibility index (Phi) is 4.06. The molecule has 0 atom stereocenters. The summed E-state index contributed by atoms with van der Waals surface area (Å²) >= 11 is 5.84. The fourth-order valence-corrected chi connectivity index (χ4v) is 1.77. The molecule has 0 saturated carbocycles. The van der Waals surface area contributed by atoms with Crippen LogP contribution < -0.4 is 5.32 Å². The number of halogens is 2. The molecule has 1 amide bonds. The molecule has 0 saturated heterocycles. The topological polar surface area (TPSA) is 54.9 Å². The highest BCUT2D eigenvalue weighted by Gasteiger charge is 2.09. The van der Waals surface area contributed by atoms with Crippen LogP contribution in [0.2, 0.25) is 5.15 Å². The first-order valence-corrected chi connectivity index (χ1v) is 6.04.